The van der Waals surface area contributed by atoms with Crippen LogP contribution >= 0.6 is 0 Å². The third kappa shape index (κ3) is 3.56. The van der Waals surface area contributed by atoms with E-state index in [0.29, 0.717) is 12.1 Å². The van der Waals surface area contributed by atoms with Crippen molar-refractivity contribution in [3.63, 3.8) is 0 Å². The molecule has 3 rings (SSSR count). The maximum absolute atomic E-state index is 12.4. The number of fused-ring (bicyclic) bond motifs is 1. The van der Waals surface area contributed by atoms with E-state index in [-0.39, 0.29) is 18.4 Å². The molecule has 0 aliphatic carbocycles. The van der Waals surface area contributed by atoms with E-state index >= 15 is 0 Å². The second kappa shape index (κ2) is 7.07. The van der Waals surface area contributed by atoms with E-state index in [9.17, 15) is 14.7 Å². The molecule has 1 atom stereocenters. The summed E-state index contributed by atoms with van der Waals surface area (Å²) in [4.78, 5) is 25.7. The van der Waals surface area contributed by atoms with E-state index in [1.165, 1.54) is 0 Å². The molecule has 0 aromatic heterocycles. The normalized spacial score (nSPS) is 14.1. The average Bonchev–Trinajstić information content (AvgIpc) is 3.03. The first-order valence-electron chi connectivity index (χ1n) is 8.40. The van der Waals surface area contributed by atoms with Gasteiger partial charge in [0.05, 0.1) is 6.10 Å². The number of hydrogen-bond acceptors (Lipinski definition) is 3. The Morgan fingerprint density at radius 1 is 1.24 bits per heavy atom. The Morgan fingerprint density at radius 2 is 2.00 bits per heavy atom. The van der Waals surface area contributed by atoms with Crippen LogP contribution in [-0.2, 0) is 11.2 Å². The van der Waals surface area contributed by atoms with Gasteiger partial charge in [-0.15, -0.1) is 0 Å². The van der Waals surface area contributed by atoms with Crippen molar-refractivity contribution in [2.24, 2.45) is 0 Å². The van der Waals surface area contributed by atoms with Gasteiger partial charge >= 0.3 is 0 Å². The van der Waals surface area contributed by atoms with Crippen molar-refractivity contribution in [3.8, 4) is 0 Å². The lowest BCUT2D eigenvalue weighted by atomic mass is 10.0. The van der Waals surface area contributed by atoms with Crippen LogP contribution in [0.5, 0.6) is 0 Å². The minimum atomic E-state index is -0.743. The Kier molecular flexibility index (Phi) is 4.86. The molecule has 1 unspecified atom stereocenters. The van der Waals surface area contributed by atoms with Crippen LogP contribution in [0.25, 0.3) is 0 Å². The highest BCUT2D eigenvalue weighted by Gasteiger charge is 2.23. The molecule has 2 aromatic carbocycles. The number of nitrogens with one attached hydrogen (secondary N) is 1. The topological polar surface area (TPSA) is 69.6 Å². The van der Waals surface area contributed by atoms with Crippen molar-refractivity contribution in [1.29, 1.82) is 0 Å². The summed E-state index contributed by atoms with van der Waals surface area (Å²) in [6.07, 6.45) is 0.00906. The van der Waals surface area contributed by atoms with E-state index in [4.69, 9.17) is 0 Å². The number of aryl methyl sites for hydroxylation is 1. The second-order valence-electron chi connectivity index (χ2n) is 6.35. The molecule has 130 valence electrons. The lowest BCUT2D eigenvalue weighted by molar-refractivity contribution is -0.116. The molecular formula is C20H22N2O3. The third-order valence-electron chi connectivity index (χ3n) is 4.62. The molecule has 0 spiro atoms. The van der Waals surface area contributed by atoms with Crippen molar-refractivity contribution in [2.45, 2.75) is 26.4 Å². The van der Waals surface area contributed by atoms with Crippen LogP contribution in [0, 0.1) is 6.92 Å². The number of carbonyl (C=O) groups is 2. The summed E-state index contributed by atoms with van der Waals surface area (Å²) in [5.41, 5.74) is 4.23. The Bertz CT molecular complexity index is 816. The first-order valence-corrected chi connectivity index (χ1v) is 8.40. The zero-order chi connectivity index (χ0) is 18.0. The van der Waals surface area contributed by atoms with Gasteiger partial charge in [0, 0.05) is 31.3 Å². The molecule has 0 radical (unpaired) electrons. The van der Waals surface area contributed by atoms with Crippen molar-refractivity contribution >= 4 is 17.5 Å². The molecule has 0 bridgehead atoms. The average molecular weight is 338 g/mol. The standard InChI is InChI=1S/C20H22N2O3/c1-13-5-3-4-6-17(13)19(24)12-21-20(25)16-7-8-18-15(11-16)9-10-22(18)14(2)23/h3-8,11,19,24H,9-10,12H2,1-2H3,(H,21,25). The number of carbonyl (C=O) groups excluding carboxylic acids is 2. The highest BCUT2D eigenvalue weighted by molar-refractivity contribution is 5.97. The van der Waals surface area contributed by atoms with Crippen LogP contribution in [-0.4, -0.2) is 30.0 Å². The summed E-state index contributed by atoms with van der Waals surface area (Å²) in [5, 5.41) is 13.1. The molecule has 0 fully saturated rings. The van der Waals surface area contributed by atoms with Crippen molar-refractivity contribution in [2.75, 3.05) is 18.0 Å². The van der Waals surface area contributed by atoms with Crippen molar-refractivity contribution in [3.05, 3.63) is 64.7 Å². The Labute approximate surface area is 147 Å². The first-order chi connectivity index (χ1) is 12.0. The summed E-state index contributed by atoms with van der Waals surface area (Å²) >= 11 is 0. The summed E-state index contributed by atoms with van der Waals surface area (Å²) < 4.78 is 0. The number of amides is 2. The van der Waals surface area contributed by atoms with Gasteiger partial charge in [-0.2, -0.15) is 0 Å². The predicted molar refractivity (Wildman–Crippen MR) is 96.6 cm³/mol. The molecule has 2 N–H and O–H groups in total. The molecule has 2 amide bonds. The highest BCUT2D eigenvalue weighted by Crippen LogP contribution is 2.29. The first kappa shape index (κ1) is 17.2. The second-order valence-corrected chi connectivity index (χ2v) is 6.35. The number of benzene rings is 2. The van der Waals surface area contributed by atoms with Crippen LogP contribution in [0.2, 0.25) is 0 Å². The van der Waals surface area contributed by atoms with E-state index < -0.39 is 6.10 Å². The lowest BCUT2D eigenvalue weighted by Gasteiger charge is -2.16. The maximum Gasteiger partial charge on any atom is 0.251 e. The molecule has 2 aromatic rings. The molecule has 1 aliphatic heterocycles. The van der Waals surface area contributed by atoms with Gasteiger partial charge in [-0.05, 0) is 48.2 Å². The fourth-order valence-electron chi connectivity index (χ4n) is 3.23. The highest BCUT2D eigenvalue weighted by atomic mass is 16.3. The molecule has 0 saturated carbocycles. The summed E-state index contributed by atoms with van der Waals surface area (Å²) in [7, 11) is 0. The fourth-order valence-corrected chi connectivity index (χ4v) is 3.23. The van der Waals surface area contributed by atoms with Crippen molar-refractivity contribution in [1.82, 2.24) is 5.32 Å². The third-order valence-corrected chi connectivity index (χ3v) is 4.62. The van der Waals surface area contributed by atoms with Crippen LogP contribution in [0.3, 0.4) is 0 Å². The monoisotopic (exact) mass is 338 g/mol. The number of hydrogen-bond donors (Lipinski definition) is 2. The molecule has 1 heterocycles. The van der Waals surface area contributed by atoms with Crippen LogP contribution < -0.4 is 10.2 Å². The zero-order valence-electron chi connectivity index (χ0n) is 14.5. The van der Waals surface area contributed by atoms with Gasteiger partial charge in [0.15, 0.2) is 0 Å². The van der Waals surface area contributed by atoms with E-state index in [1.807, 2.05) is 43.3 Å². The van der Waals surface area contributed by atoms with Crippen LogP contribution in [0.15, 0.2) is 42.5 Å². The van der Waals surface area contributed by atoms with E-state index in [1.54, 1.807) is 17.9 Å². The number of aliphatic hydroxyl groups is 1. The lowest BCUT2D eigenvalue weighted by Crippen LogP contribution is -2.28. The Hall–Kier alpha value is -2.66. The van der Waals surface area contributed by atoms with Crippen LogP contribution in [0.4, 0.5) is 5.69 Å². The quantitative estimate of drug-likeness (QED) is 0.899. The predicted octanol–water partition coefficient (Wildman–Crippen LogP) is 2.37. The van der Waals surface area contributed by atoms with Crippen LogP contribution in [0.1, 0.15) is 40.1 Å². The molecule has 5 nitrogen and oxygen atoms in total. The van der Waals surface area contributed by atoms with E-state index in [2.05, 4.69) is 5.32 Å². The molecule has 25 heavy (non-hydrogen) atoms. The minimum Gasteiger partial charge on any atom is -0.387 e. The smallest absolute Gasteiger partial charge is 0.251 e. The molecule has 0 saturated heterocycles. The summed E-state index contributed by atoms with van der Waals surface area (Å²) in [6, 6.07) is 12.9. The number of aliphatic hydroxyl groups excluding tert-OH is 1. The van der Waals surface area contributed by atoms with Gasteiger partial charge in [-0.25, -0.2) is 0 Å². The summed E-state index contributed by atoms with van der Waals surface area (Å²) in [5.74, 6) is -0.214. The Morgan fingerprint density at radius 3 is 2.72 bits per heavy atom. The van der Waals surface area contributed by atoms with Gasteiger partial charge in [0.2, 0.25) is 5.91 Å². The number of nitrogens with zero attached hydrogens (tertiary/aromatic N) is 1. The largest absolute Gasteiger partial charge is 0.387 e. The van der Waals surface area contributed by atoms with Gasteiger partial charge in [0.25, 0.3) is 5.91 Å². The van der Waals surface area contributed by atoms with Gasteiger partial charge in [-0.1, -0.05) is 24.3 Å². The van der Waals surface area contributed by atoms with E-state index in [0.717, 1.165) is 28.8 Å². The molecular weight excluding hydrogens is 316 g/mol. The van der Waals surface area contributed by atoms with Crippen molar-refractivity contribution < 1.29 is 14.7 Å². The molecule has 1 aliphatic rings. The maximum atomic E-state index is 12.4. The SMILES string of the molecule is CC(=O)N1CCc2cc(C(=O)NCC(O)c3ccccc3C)ccc21. The fraction of sp³-hybridized carbons (Fsp3) is 0.300. The summed E-state index contributed by atoms with van der Waals surface area (Å²) in [6.45, 7) is 4.28. The number of anilines is 1. The van der Waals surface area contributed by atoms with Gasteiger partial charge in [-0.3, -0.25) is 9.59 Å². The number of rotatable bonds is 4. The molecule has 5 heteroatoms. The minimum absolute atomic E-state index is 0.0114. The Balaban J connectivity index is 1.66. The van der Waals surface area contributed by atoms with Gasteiger partial charge in [0.1, 0.15) is 0 Å². The van der Waals surface area contributed by atoms with Gasteiger partial charge < -0.3 is 15.3 Å². The zero-order valence-corrected chi connectivity index (χ0v) is 14.5.